The summed E-state index contributed by atoms with van der Waals surface area (Å²) < 4.78 is 5.44. The molecule has 0 aliphatic carbocycles. The van der Waals surface area contributed by atoms with Gasteiger partial charge in [-0.05, 0) is 23.3 Å². The van der Waals surface area contributed by atoms with Gasteiger partial charge in [0.15, 0.2) is 0 Å². The molecule has 0 heterocycles. The fourth-order valence-electron chi connectivity index (χ4n) is 2.88. The van der Waals surface area contributed by atoms with E-state index in [9.17, 15) is 4.79 Å². The molecule has 0 fully saturated rings. The molecular formula is C21H31NO2. The van der Waals surface area contributed by atoms with Gasteiger partial charge in [-0.3, -0.25) is 0 Å². The smallest absolute Gasteiger partial charge is 0.338 e. The van der Waals surface area contributed by atoms with Crippen molar-refractivity contribution in [2.24, 2.45) is 0 Å². The lowest BCUT2D eigenvalue weighted by Gasteiger charge is -2.07. The van der Waals surface area contributed by atoms with Crippen molar-refractivity contribution in [2.45, 2.75) is 58.3 Å². The van der Waals surface area contributed by atoms with Gasteiger partial charge in [0.1, 0.15) is 0 Å². The van der Waals surface area contributed by atoms with Crippen LogP contribution in [-0.2, 0) is 4.74 Å². The lowest BCUT2D eigenvalue weighted by atomic mass is 10.0. The molecule has 0 unspecified atom stereocenters. The molecule has 24 heavy (non-hydrogen) atoms. The first-order chi connectivity index (χ1) is 11.3. The second kappa shape index (κ2) is 11.6. The molecule has 2 aromatic rings. The van der Waals surface area contributed by atoms with Crippen LogP contribution in [0.1, 0.15) is 68.6 Å². The lowest BCUT2D eigenvalue weighted by molar-refractivity contribution is 0.0500. The van der Waals surface area contributed by atoms with Gasteiger partial charge in [0.2, 0.25) is 0 Å². The number of hydrogen-bond acceptors (Lipinski definition) is 3. The van der Waals surface area contributed by atoms with Gasteiger partial charge in [0, 0.05) is 0 Å². The molecule has 0 saturated heterocycles. The number of carbonyl (C=O) groups is 1. The molecule has 3 nitrogen and oxygen atoms in total. The number of ether oxygens (including phenoxy) is 1. The van der Waals surface area contributed by atoms with E-state index < -0.39 is 0 Å². The van der Waals surface area contributed by atoms with E-state index in [-0.39, 0.29) is 12.1 Å². The summed E-state index contributed by atoms with van der Waals surface area (Å²) in [6, 6.07) is 13.7. The number of esters is 1. The molecule has 0 aliphatic rings. The Labute approximate surface area is 146 Å². The molecule has 0 bridgehead atoms. The summed E-state index contributed by atoms with van der Waals surface area (Å²) in [6.45, 7) is 2.77. The summed E-state index contributed by atoms with van der Waals surface area (Å²) in [5, 5.41) is 2.05. The summed E-state index contributed by atoms with van der Waals surface area (Å²) in [5.41, 5.74) is 0.669. The summed E-state index contributed by atoms with van der Waals surface area (Å²) >= 11 is 0. The zero-order valence-electron chi connectivity index (χ0n) is 14.9. The molecule has 0 saturated carbocycles. The van der Waals surface area contributed by atoms with Crippen LogP contribution in [0.4, 0.5) is 0 Å². The van der Waals surface area contributed by atoms with E-state index >= 15 is 0 Å². The van der Waals surface area contributed by atoms with Crippen molar-refractivity contribution in [3.63, 3.8) is 0 Å². The lowest BCUT2D eigenvalue weighted by Crippen LogP contribution is -2.07. The van der Waals surface area contributed by atoms with Gasteiger partial charge in [0.05, 0.1) is 12.2 Å². The minimum atomic E-state index is -0.204. The van der Waals surface area contributed by atoms with Gasteiger partial charge in [0.25, 0.3) is 0 Å². The summed E-state index contributed by atoms with van der Waals surface area (Å²) in [5.74, 6) is -0.204. The molecule has 2 aromatic carbocycles. The highest BCUT2D eigenvalue weighted by Crippen LogP contribution is 2.19. The molecule has 0 atom stereocenters. The maximum Gasteiger partial charge on any atom is 0.338 e. The third-order valence-electron chi connectivity index (χ3n) is 4.24. The Morgan fingerprint density at radius 3 is 2.21 bits per heavy atom. The standard InChI is InChI=1S/C21H28O2.H3N/c1-2-3-4-5-6-7-8-11-17-23-21(22)20-16-12-14-18-13-9-10-15-19(18)20;/h9-10,12-16H,2-8,11,17H2,1H3;1H3. The number of rotatable bonds is 10. The van der Waals surface area contributed by atoms with Crippen LogP contribution in [-0.4, -0.2) is 12.6 Å². The van der Waals surface area contributed by atoms with E-state index in [4.69, 9.17) is 4.74 Å². The largest absolute Gasteiger partial charge is 0.462 e. The highest BCUT2D eigenvalue weighted by molar-refractivity contribution is 6.04. The van der Waals surface area contributed by atoms with Crippen LogP contribution < -0.4 is 6.15 Å². The molecule has 0 amide bonds. The topological polar surface area (TPSA) is 61.3 Å². The summed E-state index contributed by atoms with van der Waals surface area (Å²) in [7, 11) is 0. The van der Waals surface area contributed by atoms with Crippen LogP contribution in [0.2, 0.25) is 0 Å². The van der Waals surface area contributed by atoms with Crippen molar-refractivity contribution in [2.75, 3.05) is 6.61 Å². The van der Waals surface area contributed by atoms with Crippen molar-refractivity contribution in [1.29, 1.82) is 0 Å². The van der Waals surface area contributed by atoms with E-state index in [2.05, 4.69) is 6.92 Å². The monoisotopic (exact) mass is 329 g/mol. The van der Waals surface area contributed by atoms with E-state index in [1.165, 1.54) is 38.5 Å². The average molecular weight is 329 g/mol. The Bertz CT molecular complexity index is 604. The Hall–Kier alpha value is -1.87. The fraction of sp³-hybridized carbons (Fsp3) is 0.476. The van der Waals surface area contributed by atoms with E-state index in [1.807, 2.05) is 42.5 Å². The van der Waals surface area contributed by atoms with Gasteiger partial charge < -0.3 is 10.9 Å². The van der Waals surface area contributed by atoms with Gasteiger partial charge in [-0.1, -0.05) is 88.3 Å². The molecule has 3 heteroatoms. The van der Waals surface area contributed by atoms with Crippen LogP contribution in [0.3, 0.4) is 0 Å². The van der Waals surface area contributed by atoms with E-state index in [0.717, 1.165) is 23.6 Å². The Morgan fingerprint density at radius 1 is 0.833 bits per heavy atom. The quantitative estimate of drug-likeness (QED) is 0.411. The van der Waals surface area contributed by atoms with Crippen molar-refractivity contribution in [1.82, 2.24) is 6.15 Å². The Balaban J connectivity index is 0.00000288. The van der Waals surface area contributed by atoms with Gasteiger partial charge >= 0.3 is 5.97 Å². The molecule has 3 N–H and O–H groups in total. The number of unbranched alkanes of at least 4 members (excludes halogenated alkanes) is 7. The first-order valence-corrected chi connectivity index (χ1v) is 8.98. The number of benzene rings is 2. The normalized spacial score (nSPS) is 10.4. The maximum atomic E-state index is 12.2. The van der Waals surface area contributed by atoms with Crippen LogP contribution in [0.15, 0.2) is 42.5 Å². The second-order valence-corrected chi connectivity index (χ2v) is 6.14. The second-order valence-electron chi connectivity index (χ2n) is 6.14. The van der Waals surface area contributed by atoms with Crippen molar-refractivity contribution < 1.29 is 9.53 Å². The molecular weight excluding hydrogens is 298 g/mol. The fourth-order valence-corrected chi connectivity index (χ4v) is 2.88. The average Bonchev–Trinajstić information content (AvgIpc) is 2.59. The van der Waals surface area contributed by atoms with Crippen LogP contribution in [0, 0.1) is 0 Å². The highest BCUT2D eigenvalue weighted by Gasteiger charge is 2.10. The zero-order valence-corrected chi connectivity index (χ0v) is 14.9. The van der Waals surface area contributed by atoms with Gasteiger partial charge in [-0.15, -0.1) is 0 Å². The maximum absolute atomic E-state index is 12.2. The molecule has 0 aromatic heterocycles. The number of hydrogen-bond donors (Lipinski definition) is 1. The van der Waals surface area contributed by atoms with Crippen molar-refractivity contribution in [3.8, 4) is 0 Å². The molecule has 0 aliphatic heterocycles. The number of carbonyl (C=O) groups excluding carboxylic acids is 1. The molecule has 0 spiro atoms. The zero-order chi connectivity index (χ0) is 16.3. The van der Waals surface area contributed by atoms with E-state index in [1.54, 1.807) is 0 Å². The van der Waals surface area contributed by atoms with Crippen LogP contribution >= 0.6 is 0 Å². The Morgan fingerprint density at radius 2 is 1.46 bits per heavy atom. The SMILES string of the molecule is CCCCCCCCCCOC(=O)c1cccc2ccccc12.N. The predicted octanol–water partition coefficient (Wildman–Crippen LogP) is 6.30. The van der Waals surface area contributed by atoms with Crippen molar-refractivity contribution >= 4 is 16.7 Å². The highest BCUT2D eigenvalue weighted by atomic mass is 16.5. The van der Waals surface area contributed by atoms with Crippen LogP contribution in [0.5, 0.6) is 0 Å². The number of fused-ring (bicyclic) bond motifs is 1. The minimum Gasteiger partial charge on any atom is -0.462 e. The molecule has 132 valence electrons. The first-order valence-electron chi connectivity index (χ1n) is 8.98. The van der Waals surface area contributed by atoms with Gasteiger partial charge in [-0.25, -0.2) is 4.79 Å². The van der Waals surface area contributed by atoms with Crippen molar-refractivity contribution in [3.05, 3.63) is 48.0 Å². The summed E-state index contributed by atoms with van der Waals surface area (Å²) in [4.78, 5) is 12.2. The molecule has 2 rings (SSSR count). The third-order valence-corrected chi connectivity index (χ3v) is 4.24. The first kappa shape index (κ1) is 20.2. The molecule has 0 radical (unpaired) electrons. The third kappa shape index (κ3) is 6.32. The minimum absolute atomic E-state index is 0. The van der Waals surface area contributed by atoms with E-state index in [0.29, 0.717) is 12.2 Å². The van der Waals surface area contributed by atoms with Gasteiger partial charge in [-0.2, -0.15) is 0 Å². The Kier molecular flexibility index (Phi) is 9.78. The summed E-state index contributed by atoms with van der Waals surface area (Å²) in [6.07, 6.45) is 10.00. The van der Waals surface area contributed by atoms with Crippen LogP contribution in [0.25, 0.3) is 10.8 Å². The predicted molar refractivity (Wildman–Crippen MR) is 102 cm³/mol.